The molecule has 0 aliphatic rings. The number of hydrogen-bond acceptors (Lipinski definition) is 4. The third kappa shape index (κ3) is 3.94. The third-order valence-corrected chi connectivity index (χ3v) is 3.50. The number of aryl methyl sites for hydroxylation is 1. The first-order chi connectivity index (χ1) is 10.7. The largest absolute Gasteiger partial charge is 0.505 e. The fourth-order valence-electron chi connectivity index (χ4n) is 2.26. The summed E-state index contributed by atoms with van der Waals surface area (Å²) in [7, 11) is 0. The van der Waals surface area contributed by atoms with Crippen LogP contribution in [0.4, 0.5) is 11.4 Å². The predicted octanol–water partition coefficient (Wildman–Crippen LogP) is 4.66. The Labute approximate surface area is 135 Å². The number of phenolic OH excluding ortho intramolecular Hbond substituents is 1. The van der Waals surface area contributed by atoms with E-state index in [1.54, 1.807) is 18.3 Å². The highest BCUT2D eigenvalue weighted by Gasteiger charge is 2.20. The molecule has 0 aromatic heterocycles. The van der Waals surface area contributed by atoms with Crippen LogP contribution in [0.25, 0.3) is 0 Å². The SMILES string of the molecule is Cc1cc(N=Cc2ccc([N+](=O)[O-])cc2)c(O)c(C(C)(C)C)c1. The number of rotatable bonds is 3. The summed E-state index contributed by atoms with van der Waals surface area (Å²) in [6.45, 7) is 8.06. The van der Waals surface area contributed by atoms with Crippen molar-refractivity contribution in [3.8, 4) is 5.75 Å². The van der Waals surface area contributed by atoms with E-state index >= 15 is 0 Å². The lowest BCUT2D eigenvalue weighted by Crippen LogP contribution is -2.11. The van der Waals surface area contributed by atoms with E-state index in [0.717, 1.165) is 16.7 Å². The number of nitrogens with zero attached hydrogens (tertiary/aromatic N) is 2. The Balaban J connectivity index is 2.36. The van der Waals surface area contributed by atoms with Crippen LogP contribution in [-0.2, 0) is 5.41 Å². The topological polar surface area (TPSA) is 75.7 Å². The molecule has 0 saturated carbocycles. The Hall–Kier alpha value is -2.69. The third-order valence-electron chi connectivity index (χ3n) is 3.50. The lowest BCUT2D eigenvalue weighted by molar-refractivity contribution is -0.384. The van der Waals surface area contributed by atoms with Gasteiger partial charge >= 0.3 is 0 Å². The molecule has 0 unspecified atom stereocenters. The summed E-state index contributed by atoms with van der Waals surface area (Å²) in [6.07, 6.45) is 1.59. The number of non-ortho nitro benzene ring substituents is 1. The summed E-state index contributed by atoms with van der Waals surface area (Å²) in [5.41, 5.74) is 2.93. The van der Waals surface area contributed by atoms with Gasteiger partial charge in [0.2, 0.25) is 0 Å². The average molecular weight is 312 g/mol. The first kappa shape index (κ1) is 16.7. The zero-order valence-corrected chi connectivity index (χ0v) is 13.7. The summed E-state index contributed by atoms with van der Waals surface area (Å²) in [4.78, 5) is 14.5. The van der Waals surface area contributed by atoms with Gasteiger partial charge < -0.3 is 5.11 Å². The van der Waals surface area contributed by atoms with E-state index in [2.05, 4.69) is 4.99 Å². The Bertz CT molecular complexity index is 757. The van der Waals surface area contributed by atoms with Crippen molar-refractivity contribution in [1.29, 1.82) is 0 Å². The van der Waals surface area contributed by atoms with Gasteiger partial charge in [0.05, 0.1) is 4.92 Å². The maximum absolute atomic E-state index is 10.6. The van der Waals surface area contributed by atoms with Crippen LogP contribution < -0.4 is 0 Å². The number of benzene rings is 2. The van der Waals surface area contributed by atoms with Gasteiger partial charge in [0.15, 0.2) is 0 Å². The number of nitro benzene ring substituents is 1. The summed E-state index contributed by atoms with van der Waals surface area (Å²) < 4.78 is 0. The zero-order valence-electron chi connectivity index (χ0n) is 13.7. The molecule has 0 saturated heterocycles. The number of phenols is 1. The molecule has 2 aromatic rings. The van der Waals surface area contributed by atoms with Crippen molar-refractivity contribution >= 4 is 17.6 Å². The van der Waals surface area contributed by atoms with Gasteiger partial charge in [-0.1, -0.05) is 26.8 Å². The molecule has 1 N–H and O–H groups in total. The molecule has 0 bridgehead atoms. The molecule has 0 aliphatic heterocycles. The highest BCUT2D eigenvalue weighted by Crippen LogP contribution is 2.38. The van der Waals surface area contributed by atoms with E-state index in [1.807, 2.05) is 39.8 Å². The monoisotopic (exact) mass is 312 g/mol. The quantitative estimate of drug-likeness (QED) is 0.509. The van der Waals surface area contributed by atoms with Crippen LogP contribution in [-0.4, -0.2) is 16.2 Å². The standard InChI is InChI=1S/C18H20N2O3/c1-12-9-15(18(2,3)4)17(21)16(10-12)19-11-13-5-7-14(8-6-13)20(22)23/h5-11,21H,1-4H3. The molecule has 0 heterocycles. The Morgan fingerprint density at radius 3 is 2.30 bits per heavy atom. The van der Waals surface area contributed by atoms with Crippen LogP contribution in [0.2, 0.25) is 0 Å². The molecule has 0 aliphatic carbocycles. The highest BCUT2D eigenvalue weighted by atomic mass is 16.6. The predicted molar refractivity (Wildman–Crippen MR) is 91.9 cm³/mol. The van der Waals surface area contributed by atoms with E-state index in [9.17, 15) is 15.2 Å². The van der Waals surface area contributed by atoms with Crippen molar-refractivity contribution in [1.82, 2.24) is 0 Å². The van der Waals surface area contributed by atoms with E-state index < -0.39 is 4.92 Å². The number of aliphatic imine (C=N–C) groups is 1. The van der Waals surface area contributed by atoms with Crippen molar-refractivity contribution in [2.45, 2.75) is 33.1 Å². The molecule has 0 atom stereocenters. The van der Waals surface area contributed by atoms with Gasteiger partial charge in [-0.2, -0.15) is 0 Å². The van der Waals surface area contributed by atoms with Gasteiger partial charge in [-0.3, -0.25) is 15.1 Å². The summed E-state index contributed by atoms with van der Waals surface area (Å²) in [5.74, 6) is 0.168. The molecule has 120 valence electrons. The molecule has 5 nitrogen and oxygen atoms in total. The molecule has 5 heteroatoms. The van der Waals surface area contributed by atoms with E-state index in [0.29, 0.717) is 5.69 Å². The van der Waals surface area contributed by atoms with Crippen molar-refractivity contribution in [2.75, 3.05) is 0 Å². The summed E-state index contributed by atoms with van der Waals surface area (Å²) in [5, 5.41) is 21.1. The molecular weight excluding hydrogens is 292 g/mol. The first-order valence-corrected chi connectivity index (χ1v) is 7.31. The normalized spacial score (nSPS) is 11.8. The Morgan fingerprint density at radius 1 is 1.17 bits per heavy atom. The summed E-state index contributed by atoms with van der Waals surface area (Å²) >= 11 is 0. The molecule has 0 spiro atoms. The first-order valence-electron chi connectivity index (χ1n) is 7.31. The molecule has 0 radical (unpaired) electrons. The van der Waals surface area contributed by atoms with Crippen LogP contribution in [0.1, 0.15) is 37.5 Å². The lowest BCUT2D eigenvalue weighted by atomic mass is 9.85. The van der Waals surface area contributed by atoms with E-state index in [1.165, 1.54) is 12.1 Å². The molecule has 23 heavy (non-hydrogen) atoms. The van der Waals surface area contributed by atoms with Crippen molar-refractivity contribution in [3.05, 3.63) is 63.2 Å². The highest BCUT2D eigenvalue weighted by molar-refractivity contribution is 5.83. The minimum absolute atomic E-state index is 0.0376. The van der Waals surface area contributed by atoms with Crippen LogP contribution in [0.15, 0.2) is 41.4 Å². The van der Waals surface area contributed by atoms with E-state index in [-0.39, 0.29) is 16.9 Å². The molecule has 2 aromatic carbocycles. The fraction of sp³-hybridized carbons (Fsp3) is 0.278. The van der Waals surface area contributed by atoms with Gasteiger partial charge in [0.25, 0.3) is 5.69 Å². The Morgan fingerprint density at radius 2 is 1.78 bits per heavy atom. The minimum Gasteiger partial charge on any atom is -0.505 e. The van der Waals surface area contributed by atoms with Gasteiger partial charge in [-0.25, -0.2) is 0 Å². The van der Waals surface area contributed by atoms with E-state index in [4.69, 9.17) is 0 Å². The van der Waals surface area contributed by atoms with Gasteiger partial charge in [0, 0.05) is 23.9 Å². The minimum atomic E-state index is -0.442. The van der Waals surface area contributed by atoms with Gasteiger partial charge in [-0.15, -0.1) is 0 Å². The number of aromatic hydroxyl groups is 1. The smallest absolute Gasteiger partial charge is 0.269 e. The van der Waals surface area contributed by atoms with Gasteiger partial charge in [0.1, 0.15) is 11.4 Å². The fourth-order valence-corrected chi connectivity index (χ4v) is 2.26. The molecule has 0 fully saturated rings. The average Bonchev–Trinajstić information content (AvgIpc) is 2.47. The van der Waals surface area contributed by atoms with Crippen LogP contribution in [0, 0.1) is 17.0 Å². The van der Waals surface area contributed by atoms with Gasteiger partial charge in [-0.05, 0) is 41.7 Å². The molecular formula is C18H20N2O3. The summed E-state index contributed by atoms with van der Waals surface area (Å²) in [6, 6.07) is 9.88. The maximum Gasteiger partial charge on any atom is 0.269 e. The maximum atomic E-state index is 10.6. The second-order valence-electron chi connectivity index (χ2n) is 6.54. The zero-order chi connectivity index (χ0) is 17.2. The van der Waals surface area contributed by atoms with Crippen LogP contribution in [0.5, 0.6) is 5.75 Å². The molecule has 0 amide bonds. The van der Waals surface area contributed by atoms with Crippen molar-refractivity contribution < 1.29 is 10.0 Å². The Kier molecular flexibility index (Phi) is 4.50. The van der Waals surface area contributed by atoms with Crippen molar-refractivity contribution in [2.24, 2.45) is 4.99 Å². The number of hydrogen-bond donors (Lipinski definition) is 1. The van der Waals surface area contributed by atoms with Crippen LogP contribution in [0.3, 0.4) is 0 Å². The van der Waals surface area contributed by atoms with Crippen LogP contribution >= 0.6 is 0 Å². The van der Waals surface area contributed by atoms with Crippen molar-refractivity contribution in [3.63, 3.8) is 0 Å². The number of nitro groups is 1. The molecule has 2 rings (SSSR count). The lowest BCUT2D eigenvalue weighted by Gasteiger charge is -2.21. The second-order valence-corrected chi connectivity index (χ2v) is 6.54. The second kappa shape index (κ2) is 6.20.